The Morgan fingerprint density at radius 1 is 1.14 bits per heavy atom. The molecule has 2 rings (SSSR count). The number of hydrogen-bond donors (Lipinski definition) is 1. The summed E-state index contributed by atoms with van der Waals surface area (Å²) in [7, 11) is 1.58. The summed E-state index contributed by atoms with van der Waals surface area (Å²) in [5.74, 6) is 0.375. The molecule has 156 valence electrons. The standard InChI is InChI=1S/C22H26Cl2N2O2S/c1-4-20(22(28)25-3)26(14-16-7-8-17(23)13-19(16)24)21(27)11-12-29-18-9-5-15(2)6-10-18/h5-10,13,20H,4,11-12,14H2,1-3H3,(H,25,28)/t20-/m0/s1. The fraction of sp³-hybridized carbons (Fsp3) is 0.364. The molecule has 0 fully saturated rings. The van der Waals surface area contributed by atoms with Crippen LogP contribution in [0.1, 0.15) is 30.9 Å². The Morgan fingerprint density at radius 3 is 2.41 bits per heavy atom. The number of nitrogens with one attached hydrogen (secondary N) is 1. The van der Waals surface area contributed by atoms with E-state index in [0.717, 1.165) is 10.5 Å². The second kappa shape index (κ2) is 11.5. The van der Waals surface area contributed by atoms with Gasteiger partial charge in [-0.25, -0.2) is 0 Å². The minimum atomic E-state index is -0.552. The van der Waals surface area contributed by atoms with E-state index in [1.807, 2.05) is 13.8 Å². The number of rotatable bonds is 9. The van der Waals surface area contributed by atoms with Crippen molar-refractivity contribution >= 4 is 46.8 Å². The van der Waals surface area contributed by atoms with Gasteiger partial charge in [-0.1, -0.05) is 53.9 Å². The van der Waals surface area contributed by atoms with Crippen LogP contribution in [0, 0.1) is 6.92 Å². The largest absolute Gasteiger partial charge is 0.357 e. The molecule has 1 atom stereocenters. The average molecular weight is 453 g/mol. The van der Waals surface area contributed by atoms with Crippen LogP contribution in [0.3, 0.4) is 0 Å². The van der Waals surface area contributed by atoms with Crippen molar-refractivity contribution in [2.75, 3.05) is 12.8 Å². The normalized spacial score (nSPS) is 11.8. The zero-order chi connectivity index (χ0) is 21.4. The smallest absolute Gasteiger partial charge is 0.242 e. The molecule has 0 unspecified atom stereocenters. The number of amides is 2. The van der Waals surface area contributed by atoms with E-state index in [9.17, 15) is 9.59 Å². The highest BCUT2D eigenvalue weighted by Crippen LogP contribution is 2.25. The van der Waals surface area contributed by atoms with Crippen molar-refractivity contribution in [2.45, 2.75) is 44.2 Å². The topological polar surface area (TPSA) is 49.4 Å². The van der Waals surface area contributed by atoms with Gasteiger partial charge in [-0.3, -0.25) is 9.59 Å². The van der Waals surface area contributed by atoms with Gasteiger partial charge in [-0.15, -0.1) is 11.8 Å². The zero-order valence-electron chi connectivity index (χ0n) is 16.9. The van der Waals surface area contributed by atoms with Crippen LogP contribution < -0.4 is 5.32 Å². The number of carbonyl (C=O) groups excluding carboxylic acids is 2. The Kier molecular flexibility index (Phi) is 9.34. The van der Waals surface area contributed by atoms with Crippen LogP contribution in [-0.2, 0) is 16.1 Å². The number of benzene rings is 2. The lowest BCUT2D eigenvalue weighted by Gasteiger charge is -2.30. The van der Waals surface area contributed by atoms with Gasteiger partial charge in [0.1, 0.15) is 6.04 Å². The maximum atomic E-state index is 13.1. The van der Waals surface area contributed by atoms with Gasteiger partial charge in [0, 0.05) is 40.7 Å². The Hall–Kier alpha value is -1.69. The molecule has 0 spiro atoms. The lowest BCUT2D eigenvalue weighted by Crippen LogP contribution is -2.48. The van der Waals surface area contributed by atoms with Crippen LogP contribution in [0.4, 0.5) is 0 Å². The number of aryl methyl sites for hydroxylation is 1. The summed E-state index contributed by atoms with van der Waals surface area (Å²) in [6.45, 7) is 4.20. The predicted octanol–water partition coefficient (Wildman–Crippen LogP) is 5.34. The molecule has 7 heteroatoms. The molecule has 0 bridgehead atoms. The summed E-state index contributed by atoms with van der Waals surface area (Å²) >= 11 is 13.9. The summed E-state index contributed by atoms with van der Waals surface area (Å²) in [6.07, 6.45) is 0.846. The van der Waals surface area contributed by atoms with Gasteiger partial charge in [0.2, 0.25) is 11.8 Å². The van der Waals surface area contributed by atoms with Crippen molar-refractivity contribution in [2.24, 2.45) is 0 Å². The first-order valence-corrected chi connectivity index (χ1v) is 11.2. The lowest BCUT2D eigenvalue weighted by molar-refractivity contribution is -0.140. The third-order valence-corrected chi connectivity index (χ3v) is 6.19. The van der Waals surface area contributed by atoms with Crippen molar-refractivity contribution in [3.63, 3.8) is 0 Å². The molecule has 2 aromatic rings. The quantitative estimate of drug-likeness (QED) is 0.522. The number of carbonyl (C=O) groups is 2. The van der Waals surface area contributed by atoms with Gasteiger partial charge >= 0.3 is 0 Å². The Labute approximate surface area is 187 Å². The van der Waals surface area contributed by atoms with Crippen molar-refractivity contribution in [3.05, 3.63) is 63.6 Å². The van der Waals surface area contributed by atoms with Gasteiger partial charge in [0.25, 0.3) is 0 Å². The van der Waals surface area contributed by atoms with E-state index in [0.29, 0.717) is 28.6 Å². The Morgan fingerprint density at radius 2 is 1.83 bits per heavy atom. The van der Waals surface area contributed by atoms with E-state index in [1.54, 1.807) is 41.9 Å². The average Bonchev–Trinajstić information content (AvgIpc) is 2.70. The molecule has 29 heavy (non-hydrogen) atoms. The third kappa shape index (κ3) is 6.95. The van der Waals surface area contributed by atoms with E-state index in [4.69, 9.17) is 23.2 Å². The highest BCUT2D eigenvalue weighted by atomic mass is 35.5. The Bertz CT molecular complexity index is 843. The molecule has 0 aliphatic carbocycles. The van der Waals surface area contributed by atoms with Crippen molar-refractivity contribution in [1.82, 2.24) is 10.2 Å². The van der Waals surface area contributed by atoms with Gasteiger partial charge in [-0.05, 0) is 43.2 Å². The number of hydrogen-bond acceptors (Lipinski definition) is 3. The van der Waals surface area contributed by atoms with Crippen LogP contribution >= 0.6 is 35.0 Å². The maximum absolute atomic E-state index is 13.1. The zero-order valence-corrected chi connectivity index (χ0v) is 19.2. The van der Waals surface area contributed by atoms with Gasteiger partial charge in [-0.2, -0.15) is 0 Å². The summed E-state index contributed by atoms with van der Waals surface area (Å²) in [5, 5.41) is 3.67. The van der Waals surface area contributed by atoms with E-state index >= 15 is 0 Å². The van der Waals surface area contributed by atoms with Crippen LogP contribution in [0.25, 0.3) is 0 Å². The van der Waals surface area contributed by atoms with Crippen molar-refractivity contribution in [1.29, 1.82) is 0 Å². The third-order valence-electron chi connectivity index (χ3n) is 4.59. The van der Waals surface area contributed by atoms with Gasteiger partial charge in [0.05, 0.1) is 0 Å². The highest BCUT2D eigenvalue weighted by Gasteiger charge is 2.28. The minimum Gasteiger partial charge on any atom is -0.357 e. The molecule has 4 nitrogen and oxygen atoms in total. The molecule has 0 radical (unpaired) electrons. The monoisotopic (exact) mass is 452 g/mol. The first-order chi connectivity index (χ1) is 13.8. The van der Waals surface area contributed by atoms with Crippen LogP contribution in [0.15, 0.2) is 47.4 Å². The molecule has 0 aliphatic rings. The second-order valence-electron chi connectivity index (χ2n) is 6.71. The summed E-state index contributed by atoms with van der Waals surface area (Å²) < 4.78 is 0. The van der Waals surface area contributed by atoms with E-state index < -0.39 is 6.04 Å². The van der Waals surface area contributed by atoms with Crippen LogP contribution in [-0.4, -0.2) is 35.6 Å². The maximum Gasteiger partial charge on any atom is 0.242 e. The fourth-order valence-corrected chi connectivity index (χ4v) is 4.26. The molecule has 2 amide bonds. The van der Waals surface area contributed by atoms with E-state index in [1.165, 1.54) is 5.56 Å². The molecule has 0 heterocycles. The van der Waals surface area contributed by atoms with Crippen molar-refractivity contribution in [3.8, 4) is 0 Å². The SMILES string of the molecule is CC[C@@H](C(=O)NC)N(Cc1ccc(Cl)cc1Cl)C(=O)CCSc1ccc(C)cc1. The van der Waals surface area contributed by atoms with Gasteiger partial charge < -0.3 is 10.2 Å². The lowest BCUT2D eigenvalue weighted by atomic mass is 10.1. The minimum absolute atomic E-state index is 0.0777. The number of likely N-dealkylation sites (N-methyl/N-ethyl adjacent to an activating group) is 1. The highest BCUT2D eigenvalue weighted by molar-refractivity contribution is 7.99. The van der Waals surface area contributed by atoms with E-state index in [-0.39, 0.29) is 18.4 Å². The summed E-state index contributed by atoms with van der Waals surface area (Å²) in [4.78, 5) is 28.2. The Balaban J connectivity index is 2.13. The van der Waals surface area contributed by atoms with Crippen molar-refractivity contribution < 1.29 is 9.59 Å². The molecule has 0 aliphatic heterocycles. The number of thioether (sulfide) groups is 1. The first kappa shape index (κ1) is 23.6. The second-order valence-corrected chi connectivity index (χ2v) is 8.72. The predicted molar refractivity (Wildman–Crippen MR) is 122 cm³/mol. The molecule has 0 aromatic heterocycles. The van der Waals surface area contributed by atoms with E-state index in [2.05, 4.69) is 29.6 Å². The van der Waals surface area contributed by atoms with Crippen LogP contribution in [0.5, 0.6) is 0 Å². The molecular weight excluding hydrogens is 427 g/mol. The molecule has 2 aromatic carbocycles. The first-order valence-electron chi connectivity index (χ1n) is 9.50. The fourth-order valence-electron chi connectivity index (χ4n) is 2.95. The van der Waals surface area contributed by atoms with Gasteiger partial charge in [0.15, 0.2) is 0 Å². The molecule has 1 N–H and O–H groups in total. The molecule has 0 saturated carbocycles. The summed E-state index contributed by atoms with van der Waals surface area (Å²) in [6, 6.07) is 12.8. The molecular formula is C22H26Cl2N2O2S. The van der Waals surface area contributed by atoms with Crippen LogP contribution in [0.2, 0.25) is 10.0 Å². The molecule has 0 saturated heterocycles. The number of halogens is 2. The number of nitrogens with zero attached hydrogens (tertiary/aromatic N) is 1. The summed E-state index contributed by atoms with van der Waals surface area (Å²) in [5.41, 5.74) is 1.96.